The number of hydrogen-bond donors (Lipinski definition) is 2. The summed E-state index contributed by atoms with van der Waals surface area (Å²) in [5.41, 5.74) is 5.57. The third-order valence-electron chi connectivity index (χ3n) is 2.53. The predicted octanol–water partition coefficient (Wildman–Crippen LogP) is -0.935. The number of nitrogens with two attached hydrogens (primary N) is 1. The van der Waals surface area contributed by atoms with Crippen LogP contribution in [0.3, 0.4) is 0 Å². The average molecular weight is 228 g/mol. The van der Waals surface area contributed by atoms with Crippen molar-refractivity contribution in [2.24, 2.45) is 5.73 Å². The minimum absolute atomic E-state index is 0.179. The molecule has 7 nitrogen and oxygen atoms in total. The fourth-order valence-corrected chi connectivity index (χ4v) is 1.54. The second-order valence-corrected chi connectivity index (χ2v) is 3.90. The van der Waals surface area contributed by atoms with Crippen molar-refractivity contribution in [3.63, 3.8) is 0 Å². The Kier molecular flexibility index (Phi) is 3.49. The van der Waals surface area contributed by atoms with Gasteiger partial charge in [0, 0.05) is 13.1 Å². The van der Waals surface area contributed by atoms with Crippen LogP contribution in [0.25, 0.3) is 0 Å². The quantitative estimate of drug-likeness (QED) is 0.689. The lowest BCUT2D eigenvalue weighted by Gasteiger charge is -2.27. The number of nitrogens with zero attached hydrogens (tertiary/aromatic N) is 3. The topological polar surface area (TPSA) is 97.6 Å². The second-order valence-electron chi connectivity index (χ2n) is 3.90. The first-order valence-corrected chi connectivity index (χ1v) is 5.20. The Morgan fingerprint density at radius 2 is 2.50 bits per heavy atom. The lowest BCUT2D eigenvalue weighted by molar-refractivity contribution is -0.0264. The van der Waals surface area contributed by atoms with Crippen LogP contribution < -0.4 is 5.73 Å². The van der Waals surface area contributed by atoms with E-state index in [1.165, 1.54) is 0 Å². The Morgan fingerprint density at radius 1 is 1.69 bits per heavy atom. The molecular formula is C9H16N4O3. The number of morpholine rings is 1. The van der Waals surface area contributed by atoms with Gasteiger partial charge in [0.1, 0.15) is 12.1 Å². The molecule has 1 unspecified atom stereocenters. The maximum Gasteiger partial charge on any atom is 0.246 e. The normalized spacial score (nSPS) is 24.6. The number of likely N-dealkylation sites (N-methyl/N-ethyl adjacent to an activating group) is 1. The number of aromatic nitrogens is 2. The Bertz CT molecular complexity index is 343. The van der Waals surface area contributed by atoms with E-state index in [9.17, 15) is 0 Å². The molecule has 0 amide bonds. The van der Waals surface area contributed by atoms with Gasteiger partial charge in [-0.15, -0.1) is 0 Å². The van der Waals surface area contributed by atoms with Crippen molar-refractivity contribution in [1.82, 2.24) is 15.0 Å². The first kappa shape index (κ1) is 11.5. The van der Waals surface area contributed by atoms with Gasteiger partial charge in [-0.05, 0) is 7.05 Å². The van der Waals surface area contributed by atoms with E-state index < -0.39 is 6.04 Å². The number of rotatable bonds is 3. The number of aliphatic hydroxyl groups excluding tert-OH is 1. The molecule has 0 saturated carbocycles. The Balaban J connectivity index is 2.06. The molecule has 0 spiro atoms. The van der Waals surface area contributed by atoms with Crippen LogP contribution in [0.1, 0.15) is 23.9 Å². The molecule has 1 aromatic rings. The van der Waals surface area contributed by atoms with Gasteiger partial charge in [0.25, 0.3) is 0 Å². The van der Waals surface area contributed by atoms with Crippen LogP contribution in [0.15, 0.2) is 4.52 Å². The highest BCUT2D eigenvalue weighted by atomic mass is 16.5. The standard InChI is InChI=1S/C9H16N4O3/c1-13-2-3-15-7(4-13)8-11-9(16-12-8)6(10)5-14/h6-7,14H,2-5,10H2,1H3/t6-,7?/m0/s1. The maximum absolute atomic E-state index is 8.86. The zero-order valence-corrected chi connectivity index (χ0v) is 9.17. The van der Waals surface area contributed by atoms with Gasteiger partial charge in [-0.1, -0.05) is 5.16 Å². The molecule has 1 saturated heterocycles. The SMILES string of the molecule is CN1CCOC(c2noc([C@@H](N)CO)n2)C1. The van der Waals surface area contributed by atoms with E-state index >= 15 is 0 Å². The van der Waals surface area contributed by atoms with Gasteiger partial charge in [-0.2, -0.15) is 4.98 Å². The molecule has 7 heteroatoms. The van der Waals surface area contributed by atoms with Gasteiger partial charge in [0.05, 0.1) is 13.2 Å². The molecule has 2 rings (SSSR count). The average Bonchev–Trinajstić information content (AvgIpc) is 2.77. The molecule has 16 heavy (non-hydrogen) atoms. The lowest BCUT2D eigenvalue weighted by atomic mass is 10.2. The maximum atomic E-state index is 8.86. The minimum Gasteiger partial charge on any atom is -0.394 e. The molecule has 0 radical (unpaired) electrons. The lowest BCUT2D eigenvalue weighted by Crippen LogP contribution is -2.35. The van der Waals surface area contributed by atoms with Crippen molar-refractivity contribution in [1.29, 1.82) is 0 Å². The van der Waals surface area contributed by atoms with Gasteiger partial charge in [0.2, 0.25) is 11.7 Å². The monoisotopic (exact) mass is 228 g/mol. The molecule has 1 fully saturated rings. The van der Waals surface area contributed by atoms with E-state index in [2.05, 4.69) is 15.0 Å². The van der Waals surface area contributed by atoms with Crippen molar-refractivity contribution < 1.29 is 14.4 Å². The van der Waals surface area contributed by atoms with E-state index in [-0.39, 0.29) is 18.6 Å². The van der Waals surface area contributed by atoms with Crippen LogP contribution in [0.5, 0.6) is 0 Å². The van der Waals surface area contributed by atoms with Crippen LogP contribution in [0.2, 0.25) is 0 Å². The molecule has 2 heterocycles. The Morgan fingerprint density at radius 3 is 3.19 bits per heavy atom. The van der Waals surface area contributed by atoms with Crippen molar-refractivity contribution >= 4 is 0 Å². The Labute approximate surface area is 93.2 Å². The third kappa shape index (κ3) is 2.38. The summed E-state index contributed by atoms with van der Waals surface area (Å²) in [4.78, 5) is 6.26. The van der Waals surface area contributed by atoms with E-state index in [1.54, 1.807) is 0 Å². The number of ether oxygens (including phenoxy) is 1. The van der Waals surface area contributed by atoms with E-state index in [4.69, 9.17) is 20.1 Å². The van der Waals surface area contributed by atoms with Crippen molar-refractivity contribution in [3.05, 3.63) is 11.7 Å². The fraction of sp³-hybridized carbons (Fsp3) is 0.778. The zero-order valence-electron chi connectivity index (χ0n) is 9.17. The molecule has 1 aliphatic heterocycles. The molecule has 90 valence electrons. The highest BCUT2D eigenvalue weighted by Crippen LogP contribution is 2.19. The molecule has 0 aromatic carbocycles. The highest BCUT2D eigenvalue weighted by molar-refractivity contribution is 4.96. The van der Waals surface area contributed by atoms with E-state index in [0.717, 1.165) is 13.1 Å². The Hall–Kier alpha value is -1.02. The highest BCUT2D eigenvalue weighted by Gasteiger charge is 2.25. The van der Waals surface area contributed by atoms with Gasteiger partial charge in [0.15, 0.2) is 0 Å². The summed E-state index contributed by atoms with van der Waals surface area (Å²) in [7, 11) is 2.01. The van der Waals surface area contributed by atoms with Crippen LogP contribution >= 0.6 is 0 Å². The van der Waals surface area contributed by atoms with Crippen LogP contribution in [0, 0.1) is 0 Å². The zero-order chi connectivity index (χ0) is 11.5. The summed E-state index contributed by atoms with van der Waals surface area (Å²) in [6.45, 7) is 2.06. The third-order valence-corrected chi connectivity index (χ3v) is 2.53. The van der Waals surface area contributed by atoms with Gasteiger partial charge in [-0.3, -0.25) is 0 Å². The first-order valence-electron chi connectivity index (χ1n) is 5.20. The largest absolute Gasteiger partial charge is 0.394 e. The number of hydrogen-bond acceptors (Lipinski definition) is 7. The van der Waals surface area contributed by atoms with Crippen LogP contribution in [0.4, 0.5) is 0 Å². The summed E-state index contributed by atoms with van der Waals surface area (Å²) in [5.74, 6) is 0.736. The summed E-state index contributed by atoms with van der Waals surface area (Å²) < 4.78 is 10.5. The van der Waals surface area contributed by atoms with Crippen LogP contribution in [-0.4, -0.2) is 53.5 Å². The first-order chi connectivity index (χ1) is 7.70. The van der Waals surface area contributed by atoms with Crippen molar-refractivity contribution in [2.75, 3.05) is 33.4 Å². The van der Waals surface area contributed by atoms with Crippen molar-refractivity contribution in [3.8, 4) is 0 Å². The van der Waals surface area contributed by atoms with Gasteiger partial charge >= 0.3 is 0 Å². The molecule has 0 aliphatic carbocycles. The fourth-order valence-electron chi connectivity index (χ4n) is 1.54. The molecule has 1 aliphatic rings. The van der Waals surface area contributed by atoms with Crippen molar-refractivity contribution in [2.45, 2.75) is 12.1 Å². The summed E-state index contributed by atoms with van der Waals surface area (Å²) in [5, 5.41) is 12.7. The molecule has 1 aromatic heterocycles. The summed E-state index contributed by atoms with van der Waals surface area (Å²) in [6.07, 6.45) is -0.179. The van der Waals surface area contributed by atoms with E-state index in [1.807, 2.05) is 7.05 Å². The molecule has 0 bridgehead atoms. The molecule has 2 atom stereocenters. The number of aliphatic hydroxyl groups is 1. The van der Waals surface area contributed by atoms with Gasteiger partial charge < -0.3 is 25.0 Å². The second kappa shape index (κ2) is 4.88. The summed E-state index contributed by atoms with van der Waals surface area (Å²) in [6, 6.07) is -0.623. The predicted molar refractivity (Wildman–Crippen MR) is 54.5 cm³/mol. The van der Waals surface area contributed by atoms with Crippen LogP contribution in [-0.2, 0) is 4.74 Å². The minimum atomic E-state index is -0.623. The smallest absolute Gasteiger partial charge is 0.246 e. The summed E-state index contributed by atoms with van der Waals surface area (Å²) >= 11 is 0. The van der Waals surface area contributed by atoms with E-state index in [0.29, 0.717) is 12.4 Å². The van der Waals surface area contributed by atoms with Gasteiger partial charge in [-0.25, -0.2) is 0 Å². The molecular weight excluding hydrogens is 212 g/mol. The molecule has 3 N–H and O–H groups in total.